The Morgan fingerprint density at radius 2 is 1.71 bits per heavy atom. The summed E-state index contributed by atoms with van der Waals surface area (Å²) in [5.74, 6) is -1.05. The lowest BCUT2D eigenvalue weighted by Crippen LogP contribution is -2.49. The van der Waals surface area contributed by atoms with Crippen LogP contribution in [0.1, 0.15) is 33.2 Å². The monoisotopic (exact) mass is 480 g/mol. The zero-order valence-corrected chi connectivity index (χ0v) is 20.0. The first-order valence-electron chi connectivity index (χ1n) is 11.7. The first-order valence-corrected chi connectivity index (χ1v) is 11.7. The molecule has 184 valence electrons. The van der Waals surface area contributed by atoms with E-state index in [4.69, 9.17) is 9.47 Å². The summed E-state index contributed by atoms with van der Waals surface area (Å²) in [7, 11) is 1.64. The average Bonchev–Trinajstić information content (AvgIpc) is 2.89. The summed E-state index contributed by atoms with van der Waals surface area (Å²) in [6, 6.07) is 19.1. The summed E-state index contributed by atoms with van der Waals surface area (Å²) >= 11 is 0. The standard InChI is InChI=1S/C28H30F2N2O3/c1-20-6-8-21(9-7-20)19-35-27(22-4-3-5-24(16-22)34-2)18-31-12-14-32(15-13-31)28(33)25-17-23(29)10-11-26(25)30/h3-11,16-17,27H,12-15,18-19H2,1-2H3. The second-order valence-corrected chi connectivity index (χ2v) is 8.78. The normalized spacial score (nSPS) is 15.1. The van der Waals surface area contributed by atoms with Crippen LogP contribution in [0.15, 0.2) is 66.7 Å². The van der Waals surface area contributed by atoms with Gasteiger partial charge >= 0.3 is 0 Å². The molecule has 7 heteroatoms. The van der Waals surface area contributed by atoms with Crippen molar-refractivity contribution >= 4 is 5.91 Å². The molecule has 1 fully saturated rings. The van der Waals surface area contributed by atoms with Crippen molar-refractivity contribution in [1.29, 1.82) is 0 Å². The van der Waals surface area contributed by atoms with Gasteiger partial charge in [-0.2, -0.15) is 0 Å². The van der Waals surface area contributed by atoms with Crippen molar-refractivity contribution in [3.05, 3.63) is 101 Å². The van der Waals surface area contributed by atoms with Crippen LogP contribution >= 0.6 is 0 Å². The number of hydrogen-bond acceptors (Lipinski definition) is 4. The molecule has 1 amide bonds. The molecule has 1 saturated heterocycles. The predicted molar refractivity (Wildman–Crippen MR) is 130 cm³/mol. The second kappa shape index (κ2) is 11.4. The molecule has 3 aromatic rings. The van der Waals surface area contributed by atoms with E-state index >= 15 is 0 Å². The van der Waals surface area contributed by atoms with Crippen LogP contribution in [0.3, 0.4) is 0 Å². The first-order chi connectivity index (χ1) is 16.9. The third kappa shape index (κ3) is 6.44. The minimum absolute atomic E-state index is 0.200. The number of nitrogens with zero attached hydrogens (tertiary/aromatic N) is 2. The Labute approximate surface area is 204 Å². The number of carbonyl (C=O) groups excluding carboxylic acids is 1. The van der Waals surface area contributed by atoms with Gasteiger partial charge < -0.3 is 14.4 Å². The molecule has 1 aliphatic rings. The van der Waals surface area contributed by atoms with Crippen LogP contribution in [-0.4, -0.2) is 55.5 Å². The molecule has 4 rings (SSSR count). The van der Waals surface area contributed by atoms with E-state index in [2.05, 4.69) is 36.1 Å². The van der Waals surface area contributed by atoms with E-state index in [9.17, 15) is 13.6 Å². The van der Waals surface area contributed by atoms with Gasteiger partial charge in [-0.05, 0) is 48.4 Å². The lowest BCUT2D eigenvalue weighted by atomic mass is 10.1. The van der Waals surface area contributed by atoms with E-state index in [1.165, 1.54) is 5.56 Å². The van der Waals surface area contributed by atoms with Gasteiger partial charge in [-0.25, -0.2) is 8.78 Å². The largest absolute Gasteiger partial charge is 0.497 e. The van der Waals surface area contributed by atoms with E-state index in [0.29, 0.717) is 39.3 Å². The molecule has 5 nitrogen and oxygen atoms in total. The molecular formula is C28H30F2N2O3. The zero-order chi connectivity index (χ0) is 24.8. The number of benzene rings is 3. The summed E-state index contributed by atoms with van der Waals surface area (Å²) in [5.41, 5.74) is 3.07. The van der Waals surface area contributed by atoms with Crippen molar-refractivity contribution in [2.24, 2.45) is 0 Å². The predicted octanol–water partition coefficient (Wildman–Crippen LogP) is 5.00. The number of hydrogen-bond donors (Lipinski definition) is 0. The van der Waals surface area contributed by atoms with Crippen molar-refractivity contribution in [3.8, 4) is 5.75 Å². The van der Waals surface area contributed by atoms with Crippen molar-refractivity contribution in [2.45, 2.75) is 19.6 Å². The highest BCUT2D eigenvalue weighted by Crippen LogP contribution is 2.25. The summed E-state index contributed by atoms with van der Waals surface area (Å²) in [6.45, 7) is 5.23. The molecule has 1 aliphatic heterocycles. The molecule has 1 heterocycles. The lowest BCUT2D eigenvalue weighted by Gasteiger charge is -2.36. The van der Waals surface area contributed by atoms with Gasteiger partial charge in [-0.1, -0.05) is 42.0 Å². The highest BCUT2D eigenvalue weighted by molar-refractivity contribution is 5.94. The maximum Gasteiger partial charge on any atom is 0.257 e. The molecule has 0 N–H and O–H groups in total. The van der Waals surface area contributed by atoms with E-state index in [1.807, 2.05) is 24.3 Å². The van der Waals surface area contributed by atoms with Crippen LogP contribution in [0, 0.1) is 18.6 Å². The number of amides is 1. The molecule has 0 saturated carbocycles. The maximum absolute atomic E-state index is 14.1. The molecular weight excluding hydrogens is 450 g/mol. The zero-order valence-electron chi connectivity index (χ0n) is 20.0. The van der Waals surface area contributed by atoms with Crippen LogP contribution in [0.25, 0.3) is 0 Å². The molecule has 1 atom stereocenters. The van der Waals surface area contributed by atoms with Gasteiger partial charge in [0.1, 0.15) is 17.4 Å². The second-order valence-electron chi connectivity index (χ2n) is 8.78. The Morgan fingerprint density at radius 3 is 2.43 bits per heavy atom. The van der Waals surface area contributed by atoms with Gasteiger partial charge in [-0.15, -0.1) is 0 Å². The average molecular weight is 481 g/mol. The first kappa shape index (κ1) is 24.8. The summed E-state index contributed by atoms with van der Waals surface area (Å²) < 4.78 is 39.4. The summed E-state index contributed by atoms with van der Waals surface area (Å²) in [5, 5.41) is 0. The minimum atomic E-state index is -0.707. The minimum Gasteiger partial charge on any atom is -0.497 e. The smallest absolute Gasteiger partial charge is 0.257 e. The number of carbonyl (C=O) groups is 1. The summed E-state index contributed by atoms with van der Waals surface area (Å²) in [4.78, 5) is 16.5. The molecule has 3 aromatic carbocycles. The Morgan fingerprint density at radius 1 is 0.971 bits per heavy atom. The van der Waals surface area contributed by atoms with Crippen molar-refractivity contribution in [1.82, 2.24) is 9.80 Å². The van der Waals surface area contributed by atoms with Crippen LogP contribution < -0.4 is 4.74 Å². The van der Waals surface area contributed by atoms with Gasteiger partial charge in [0.25, 0.3) is 5.91 Å². The Hall–Kier alpha value is -3.29. The lowest BCUT2D eigenvalue weighted by molar-refractivity contribution is 0.00328. The molecule has 1 unspecified atom stereocenters. The molecule has 0 aromatic heterocycles. The van der Waals surface area contributed by atoms with Crippen LogP contribution in [-0.2, 0) is 11.3 Å². The molecule has 0 bridgehead atoms. The number of rotatable bonds is 8. The van der Waals surface area contributed by atoms with E-state index in [1.54, 1.807) is 12.0 Å². The Bertz CT molecular complexity index is 1150. The van der Waals surface area contributed by atoms with Crippen molar-refractivity contribution in [2.75, 3.05) is 39.8 Å². The Kier molecular flexibility index (Phi) is 8.10. The number of ether oxygens (including phenoxy) is 2. The number of aryl methyl sites for hydroxylation is 1. The quantitative estimate of drug-likeness (QED) is 0.455. The Balaban J connectivity index is 1.41. The van der Waals surface area contributed by atoms with Gasteiger partial charge in [0.2, 0.25) is 0 Å². The highest BCUT2D eigenvalue weighted by atomic mass is 19.1. The molecule has 0 radical (unpaired) electrons. The van der Waals surface area contributed by atoms with Gasteiger partial charge in [0.15, 0.2) is 0 Å². The number of halogens is 2. The SMILES string of the molecule is COc1cccc(C(CN2CCN(C(=O)c3cc(F)ccc3F)CC2)OCc2ccc(C)cc2)c1. The van der Waals surface area contributed by atoms with Gasteiger partial charge in [-0.3, -0.25) is 9.69 Å². The van der Waals surface area contributed by atoms with Crippen molar-refractivity contribution in [3.63, 3.8) is 0 Å². The fraction of sp³-hybridized carbons (Fsp3) is 0.321. The van der Waals surface area contributed by atoms with E-state index in [-0.39, 0.29) is 11.7 Å². The van der Waals surface area contributed by atoms with E-state index < -0.39 is 17.5 Å². The molecule has 0 spiro atoms. The highest BCUT2D eigenvalue weighted by Gasteiger charge is 2.26. The van der Waals surface area contributed by atoms with E-state index in [0.717, 1.165) is 35.1 Å². The van der Waals surface area contributed by atoms with Crippen LogP contribution in [0.4, 0.5) is 8.78 Å². The third-order valence-electron chi connectivity index (χ3n) is 6.28. The fourth-order valence-electron chi connectivity index (χ4n) is 4.18. The number of methoxy groups -OCH3 is 1. The fourth-order valence-corrected chi connectivity index (χ4v) is 4.18. The topological polar surface area (TPSA) is 42.0 Å². The molecule has 35 heavy (non-hydrogen) atoms. The third-order valence-corrected chi connectivity index (χ3v) is 6.28. The van der Waals surface area contributed by atoms with Crippen molar-refractivity contribution < 1.29 is 23.0 Å². The van der Waals surface area contributed by atoms with Gasteiger partial charge in [0.05, 0.1) is 25.4 Å². The summed E-state index contributed by atoms with van der Waals surface area (Å²) in [6.07, 6.45) is -0.200. The van der Waals surface area contributed by atoms with Crippen LogP contribution in [0.5, 0.6) is 5.75 Å². The number of piperazine rings is 1. The van der Waals surface area contributed by atoms with Crippen LogP contribution in [0.2, 0.25) is 0 Å². The van der Waals surface area contributed by atoms with Gasteiger partial charge in [0, 0.05) is 32.7 Å². The maximum atomic E-state index is 14.1. The molecule has 0 aliphatic carbocycles.